The predicted molar refractivity (Wildman–Crippen MR) is 140 cm³/mol. The Morgan fingerprint density at radius 3 is 2.56 bits per heavy atom. The number of nitrogens with one attached hydrogen (secondary N) is 1. The van der Waals surface area contributed by atoms with Crippen LogP contribution >= 0.6 is 45.1 Å². The largest absolute Gasteiger partial charge is 0.490 e. The van der Waals surface area contributed by atoms with Crippen LogP contribution in [0.4, 0.5) is 10.6 Å². The number of hydrogen-bond acceptors (Lipinski definition) is 15. The Morgan fingerprint density at radius 1 is 1.15 bits per heavy atom. The summed E-state index contributed by atoms with van der Waals surface area (Å²) in [6.45, 7) is -0.837. The third-order valence-electron chi connectivity index (χ3n) is 4.57. The van der Waals surface area contributed by atoms with Crippen molar-refractivity contribution >= 4 is 57.0 Å². The van der Waals surface area contributed by atoms with E-state index in [4.69, 9.17) is 19.3 Å². The Kier molecular flexibility index (Phi) is 12.1. The van der Waals surface area contributed by atoms with Crippen molar-refractivity contribution in [2.75, 3.05) is 24.3 Å². The van der Waals surface area contributed by atoms with Gasteiger partial charge in [-0.25, -0.2) is 28.3 Å². The third kappa shape index (κ3) is 11.9. The molecule has 6 N–H and O–H groups in total. The lowest BCUT2D eigenvalue weighted by atomic mass is 10.2. The normalized spacial score (nSPS) is 22.0. The number of aliphatic hydroxyl groups excluding tert-OH is 1. The number of aliphatic hydroxyl groups is 1. The van der Waals surface area contributed by atoms with Crippen molar-refractivity contribution in [2.45, 2.75) is 29.9 Å². The summed E-state index contributed by atoms with van der Waals surface area (Å²) >= 11 is 0. The molecule has 1 saturated heterocycles. The maximum absolute atomic E-state index is 12.5. The van der Waals surface area contributed by atoms with E-state index in [2.05, 4.69) is 28.4 Å². The molecule has 0 aromatic carbocycles. The summed E-state index contributed by atoms with van der Waals surface area (Å²) in [5, 5.41) is 13.3. The molecule has 2 aromatic heterocycles. The second kappa shape index (κ2) is 14.7. The molecule has 228 valence electrons. The van der Waals surface area contributed by atoms with E-state index in [9.17, 15) is 38.2 Å². The highest BCUT2D eigenvalue weighted by atomic mass is 33.1. The van der Waals surface area contributed by atoms with Crippen molar-refractivity contribution in [1.29, 1.82) is 0 Å². The molecular weight excluding hydrogens is 657 g/mol. The van der Waals surface area contributed by atoms with Crippen LogP contribution in [0.5, 0.6) is 0 Å². The van der Waals surface area contributed by atoms with Gasteiger partial charge in [0.25, 0.3) is 0 Å². The Bertz CT molecular complexity index is 1400. The topological polar surface area (TPSA) is 275 Å². The van der Waals surface area contributed by atoms with Crippen LogP contribution in [0, 0.1) is 0 Å². The van der Waals surface area contributed by atoms with Gasteiger partial charge in [0, 0.05) is 24.6 Å². The Labute approximate surface area is 238 Å². The molecule has 0 bridgehead atoms. The molecule has 19 nitrogen and oxygen atoms in total. The Balaban J connectivity index is 1.46. The van der Waals surface area contributed by atoms with E-state index < -0.39 is 60.3 Å². The number of carbonyl (C=O) groups is 1. The summed E-state index contributed by atoms with van der Waals surface area (Å²) in [6.07, 6.45) is -2.04. The van der Waals surface area contributed by atoms with Crippen LogP contribution in [-0.4, -0.2) is 76.5 Å². The zero-order chi connectivity index (χ0) is 30.3. The van der Waals surface area contributed by atoms with Gasteiger partial charge in [-0.05, 0) is 29.0 Å². The van der Waals surface area contributed by atoms with Gasteiger partial charge < -0.3 is 34.2 Å². The highest BCUT2D eigenvalue weighted by molar-refractivity contribution is 8.76. The quantitative estimate of drug-likeness (QED) is 0.0939. The van der Waals surface area contributed by atoms with Gasteiger partial charge in [-0.3, -0.25) is 14.4 Å². The van der Waals surface area contributed by atoms with E-state index >= 15 is 0 Å². The first-order valence-electron chi connectivity index (χ1n) is 11.0. The average molecular weight is 680 g/mol. The Hall–Kier alpha value is -1.67. The number of ether oxygens (including phenoxy) is 2. The summed E-state index contributed by atoms with van der Waals surface area (Å²) in [6, 6.07) is 6.73. The number of pyridine rings is 1. The van der Waals surface area contributed by atoms with E-state index in [0.717, 1.165) is 9.59 Å². The highest BCUT2D eigenvalue weighted by Gasteiger charge is 2.43. The van der Waals surface area contributed by atoms with Crippen molar-refractivity contribution in [1.82, 2.24) is 14.5 Å². The van der Waals surface area contributed by atoms with Gasteiger partial charge in [0.15, 0.2) is 0 Å². The van der Waals surface area contributed by atoms with Crippen molar-refractivity contribution in [2.24, 2.45) is 0 Å². The molecule has 1 amide bonds. The summed E-state index contributed by atoms with van der Waals surface area (Å²) in [5.74, 6) is 0.336. The lowest BCUT2D eigenvalue weighted by Crippen LogP contribution is -2.29. The monoisotopic (exact) mass is 680 g/mol. The maximum Gasteiger partial charge on any atom is 0.490 e. The smallest absolute Gasteiger partial charge is 0.448 e. The van der Waals surface area contributed by atoms with Gasteiger partial charge in [0.2, 0.25) is 0 Å². The van der Waals surface area contributed by atoms with Crippen LogP contribution in [-0.2, 0) is 36.3 Å². The first-order chi connectivity index (χ1) is 19.1. The van der Waals surface area contributed by atoms with Crippen molar-refractivity contribution < 1.29 is 65.8 Å². The van der Waals surface area contributed by atoms with Crippen LogP contribution in [0.3, 0.4) is 0 Å². The second-order valence-electron chi connectivity index (χ2n) is 7.66. The van der Waals surface area contributed by atoms with Crippen molar-refractivity contribution in [3.63, 3.8) is 0 Å². The van der Waals surface area contributed by atoms with Crippen molar-refractivity contribution in [3.05, 3.63) is 47.1 Å². The maximum atomic E-state index is 12.5. The molecule has 1 aliphatic heterocycles. The SMILES string of the molecule is O=C(Nc1ccn(C2CC(O)C(COP(=O)(O)OP(=O)(O)OP(=O)(O)O)O2)c(=O)n1)OCCSSc1ccccn1. The van der Waals surface area contributed by atoms with E-state index in [0.29, 0.717) is 5.75 Å². The number of hydrogen-bond donors (Lipinski definition) is 6. The van der Waals surface area contributed by atoms with Gasteiger partial charge in [0.05, 0.1) is 12.7 Å². The van der Waals surface area contributed by atoms with Crippen LogP contribution in [0.2, 0.25) is 0 Å². The van der Waals surface area contributed by atoms with E-state index in [1.165, 1.54) is 33.9 Å². The molecule has 3 heterocycles. The van der Waals surface area contributed by atoms with Gasteiger partial charge in [-0.15, -0.1) is 0 Å². The number of amides is 1. The molecule has 2 aromatic rings. The fraction of sp³-hybridized carbons (Fsp3) is 0.412. The number of phosphoric acid groups is 3. The number of nitrogens with zero attached hydrogens (tertiary/aromatic N) is 3. The van der Waals surface area contributed by atoms with Crippen LogP contribution in [0.25, 0.3) is 0 Å². The Morgan fingerprint density at radius 2 is 1.90 bits per heavy atom. The lowest BCUT2D eigenvalue weighted by Gasteiger charge is -2.19. The fourth-order valence-electron chi connectivity index (χ4n) is 3.02. The van der Waals surface area contributed by atoms with Crippen LogP contribution in [0.1, 0.15) is 12.6 Å². The molecule has 5 atom stereocenters. The van der Waals surface area contributed by atoms with E-state index in [-0.39, 0.29) is 18.8 Å². The zero-order valence-corrected chi connectivity index (χ0v) is 24.7. The van der Waals surface area contributed by atoms with Crippen molar-refractivity contribution in [3.8, 4) is 0 Å². The third-order valence-corrected chi connectivity index (χ3v) is 10.6. The summed E-state index contributed by atoms with van der Waals surface area (Å²) < 4.78 is 57.0. The van der Waals surface area contributed by atoms with Gasteiger partial charge in [-0.1, -0.05) is 16.9 Å². The molecule has 0 radical (unpaired) electrons. The minimum Gasteiger partial charge on any atom is -0.448 e. The van der Waals surface area contributed by atoms with Gasteiger partial charge in [0.1, 0.15) is 29.8 Å². The molecule has 1 fully saturated rings. The van der Waals surface area contributed by atoms with Gasteiger partial charge >= 0.3 is 35.3 Å². The number of rotatable bonds is 14. The summed E-state index contributed by atoms with van der Waals surface area (Å²) in [7, 11) is -13.9. The fourth-order valence-corrected chi connectivity index (χ4v) is 7.75. The molecule has 24 heteroatoms. The molecule has 1 aliphatic rings. The number of anilines is 1. The molecule has 0 saturated carbocycles. The molecule has 0 aliphatic carbocycles. The molecule has 0 spiro atoms. The molecular formula is C17H23N4O15P3S2. The lowest BCUT2D eigenvalue weighted by molar-refractivity contribution is -0.0449. The predicted octanol–water partition coefficient (Wildman–Crippen LogP) is 1.62. The van der Waals surface area contributed by atoms with E-state index in [1.807, 2.05) is 12.1 Å². The van der Waals surface area contributed by atoms with Crippen LogP contribution in [0.15, 0.2) is 46.5 Å². The first-order valence-corrected chi connectivity index (χ1v) is 17.8. The minimum atomic E-state index is -5.72. The summed E-state index contributed by atoms with van der Waals surface area (Å²) in [5.41, 5.74) is -0.893. The molecule has 41 heavy (non-hydrogen) atoms. The molecule has 5 unspecified atom stereocenters. The number of phosphoric ester groups is 1. The number of aromatic nitrogens is 3. The molecule has 3 rings (SSSR count). The second-order valence-corrected chi connectivity index (χ2v) is 14.5. The first kappa shape index (κ1) is 33.8. The highest BCUT2D eigenvalue weighted by Crippen LogP contribution is 2.66. The zero-order valence-electron chi connectivity index (χ0n) is 20.3. The van der Waals surface area contributed by atoms with E-state index in [1.54, 1.807) is 12.3 Å². The number of carbonyl (C=O) groups excluding carboxylic acids is 1. The van der Waals surface area contributed by atoms with Gasteiger partial charge in [-0.2, -0.15) is 13.6 Å². The van der Waals surface area contributed by atoms with Crippen LogP contribution < -0.4 is 11.0 Å². The minimum absolute atomic E-state index is 0.0724. The average Bonchev–Trinajstić information content (AvgIpc) is 3.21. The summed E-state index contributed by atoms with van der Waals surface area (Å²) in [4.78, 5) is 68.1. The standard InChI is InChI=1S/C17H23N4O15P3S2/c22-11-9-15(34-12(11)10-33-38(28,29)36-39(30,31)35-37(25,26)27)21-6-4-13(19-16(21)23)20-17(24)32-7-8-40-41-14-3-1-2-5-18-14/h1-6,11-12,15,22H,7-10H2,(H,28,29)(H,30,31)(H2,25,26,27)(H,19,20,23,24).